The van der Waals surface area contributed by atoms with E-state index in [-0.39, 0.29) is 24.4 Å². The molecule has 128 valence electrons. The Hall–Kier alpha value is -1.67. The number of H-pyrrole nitrogens is 1. The molecule has 0 aliphatic heterocycles. The maximum Gasteiger partial charge on any atom is 0.222 e. The molecule has 23 heavy (non-hydrogen) atoms. The van der Waals surface area contributed by atoms with E-state index in [9.17, 15) is 16.8 Å². The highest BCUT2D eigenvalue weighted by Crippen LogP contribution is 2.40. The van der Waals surface area contributed by atoms with Crippen LogP contribution in [0.15, 0.2) is 18.2 Å². The van der Waals surface area contributed by atoms with E-state index in [4.69, 9.17) is 10.9 Å². The van der Waals surface area contributed by atoms with Crippen molar-refractivity contribution in [1.82, 2.24) is 25.3 Å². The molecule has 13 heteroatoms. The summed E-state index contributed by atoms with van der Waals surface area (Å²) in [6.07, 6.45) is 3.91. The first-order valence-corrected chi connectivity index (χ1v) is 9.57. The first-order valence-electron chi connectivity index (χ1n) is 6.47. The Bertz CT molecular complexity index is 829. The third kappa shape index (κ3) is 2.92. The quantitative estimate of drug-likeness (QED) is 0.425. The summed E-state index contributed by atoms with van der Waals surface area (Å²) in [5.41, 5.74) is 5.56. The van der Waals surface area contributed by atoms with Gasteiger partial charge in [0.25, 0.3) is 0 Å². The number of tetrazole rings is 1. The Kier molecular flexibility index (Phi) is 4.68. The molecule has 0 spiro atoms. The number of nitrogens with two attached hydrogens (primary N) is 2. The van der Waals surface area contributed by atoms with Gasteiger partial charge in [-0.05, 0) is 25.2 Å². The second kappa shape index (κ2) is 6.09. The van der Waals surface area contributed by atoms with Crippen LogP contribution in [0.4, 0.5) is 0 Å². The molecule has 11 nitrogen and oxygen atoms in total. The monoisotopic (exact) mass is 363 g/mol. The Morgan fingerprint density at radius 2 is 2.09 bits per heavy atom. The van der Waals surface area contributed by atoms with E-state index in [2.05, 4.69) is 25.3 Å². The minimum Gasteiger partial charge on any atom is -0.330 e. The lowest BCUT2D eigenvalue weighted by molar-refractivity contribution is 0.516. The van der Waals surface area contributed by atoms with Crippen LogP contribution in [0.1, 0.15) is 12.2 Å². The van der Waals surface area contributed by atoms with Gasteiger partial charge in [-0.25, -0.2) is 26.7 Å². The van der Waals surface area contributed by atoms with Gasteiger partial charge in [-0.1, -0.05) is 18.2 Å². The number of rotatable bonds is 6. The normalized spacial score (nSPS) is 25.3. The average molecular weight is 363 g/mol. The molecule has 0 bridgehead atoms. The third-order valence-corrected chi connectivity index (χ3v) is 7.21. The highest BCUT2D eigenvalue weighted by Gasteiger charge is 2.55. The molecule has 6 N–H and O–H groups in total. The fraction of sp³-hybridized carbons (Fsp3) is 0.500. The molecule has 0 amide bonds. The molecule has 1 aliphatic rings. The van der Waals surface area contributed by atoms with Crippen LogP contribution < -0.4 is 15.6 Å². The van der Waals surface area contributed by atoms with Crippen molar-refractivity contribution in [1.29, 1.82) is 0 Å². The molecular formula is C10H17N7O4S2. The minimum atomic E-state index is -4.34. The van der Waals surface area contributed by atoms with Crippen LogP contribution in [-0.2, 0) is 20.0 Å². The number of aromatic amines is 1. The van der Waals surface area contributed by atoms with Crippen LogP contribution in [0, 0.1) is 0 Å². The number of nitrogens with zero attached hydrogens (tertiary/aromatic N) is 3. The lowest BCUT2D eigenvalue weighted by atomic mass is 9.89. The number of aromatic nitrogens is 4. The molecule has 0 fully saturated rings. The van der Waals surface area contributed by atoms with Crippen molar-refractivity contribution in [3.63, 3.8) is 0 Å². The van der Waals surface area contributed by atoms with Crippen molar-refractivity contribution in [2.75, 3.05) is 13.6 Å². The van der Waals surface area contributed by atoms with Crippen LogP contribution in [0.2, 0.25) is 0 Å². The first kappa shape index (κ1) is 17.7. The van der Waals surface area contributed by atoms with Crippen molar-refractivity contribution < 1.29 is 16.8 Å². The van der Waals surface area contributed by atoms with Crippen LogP contribution in [0.5, 0.6) is 0 Å². The maximum absolute atomic E-state index is 12.6. The fourth-order valence-corrected chi connectivity index (χ4v) is 6.18. The van der Waals surface area contributed by atoms with E-state index in [1.54, 1.807) is 0 Å². The highest BCUT2D eigenvalue weighted by atomic mass is 32.2. The van der Waals surface area contributed by atoms with Gasteiger partial charge < -0.3 is 5.73 Å². The zero-order chi connectivity index (χ0) is 17.3. The van der Waals surface area contributed by atoms with Gasteiger partial charge in [0.1, 0.15) is 10.00 Å². The predicted octanol–water partition coefficient (Wildman–Crippen LogP) is -2.55. The largest absolute Gasteiger partial charge is 0.330 e. The van der Waals surface area contributed by atoms with E-state index < -0.39 is 30.0 Å². The van der Waals surface area contributed by atoms with Crippen LogP contribution in [0.3, 0.4) is 0 Å². The van der Waals surface area contributed by atoms with E-state index in [1.165, 1.54) is 25.3 Å². The second-order valence-electron chi connectivity index (χ2n) is 4.89. The number of primary sulfonamides is 1. The summed E-state index contributed by atoms with van der Waals surface area (Å²) in [5, 5.41) is 16.7. The predicted molar refractivity (Wildman–Crippen MR) is 82.6 cm³/mol. The molecule has 2 atom stereocenters. The van der Waals surface area contributed by atoms with Gasteiger partial charge in [0.05, 0.1) is 0 Å². The van der Waals surface area contributed by atoms with Crippen molar-refractivity contribution in [3.05, 3.63) is 24.1 Å². The summed E-state index contributed by atoms with van der Waals surface area (Å²) in [7, 11) is -7.26. The van der Waals surface area contributed by atoms with Gasteiger partial charge >= 0.3 is 0 Å². The summed E-state index contributed by atoms with van der Waals surface area (Å²) in [5.74, 6) is -0.0546. The van der Waals surface area contributed by atoms with Gasteiger partial charge in [0.15, 0.2) is 0 Å². The maximum atomic E-state index is 12.6. The van der Waals surface area contributed by atoms with Crippen LogP contribution in [0.25, 0.3) is 5.57 Å². The second-order valence-corrected chi connectivity index (χ2v) is 8.71. The average Bonchev–Trinajstić information content (AvgIpc) is 3.00. The van der Waals surface area contributed by atoms with E-state index in [1.807, 2.05) is 0 Å². The van der Waals surface area contributed by atoms with Crippen molar-refractivity contribution in [2.24, 2.45) is 10.9 Å². The Balaban J connectivity index is 2.77. The topological polar surface area (TPSA) is 187 Å². The number of nitrogens with one attached hydrogen (secondary N) is 2. The standard InChI is InChI=1S/C10H17N7O4S2/c1-13-23(20,21)10(5-6-11)4-2-3-7(8(10)22(12,18)19)9-14-16-17-15-9/h2-4,8,13H,5-6,11H2,1H3,(H2,12,18,19)(H,14,15,16,17). The molecule has 1 heterocycles. The summed E-state index contributed by atoms with van der Waals surface area (Å²) in [6, 6.07) is 0. The van der Waals surface area contributed by atoms with Gasteiger partial charge in [-0.2, -0.15) is 5.21 Å². The smallest absolute Gasteiger partial charge is 0.222 e. The molecule has 0 saturated carbocycles. The van der Waals surface area contributed by atoms with Crippen LogP contribution in [-0.4, -0.2) is 61.0 Å². The highest BCUT2D eigenvalue weighted by molar-refractivity contribution is 7.95. The van der Waals surface area contributed by atoms with Gasteiger partial charge in [0.2, 0.25) is 25.9 Å². The van der Waals surface area contributed by atoms with Gasteiger partial charge in [-0.3, -0.25) is 0 Å². The van der Waals surface area contributed by atoms with E-state index in [0.717, 1.165) is 0 Å². The molecule has 0 aromatic carbocycles. The Morgan fingerprint density at radius 3 is 2.57 bits per heavy atom. The molecule has 1 aromatic heterocycles. The molecule has 2 unspecified atom stereocenters. The molecule has 2 rings (SSSR count). The summed E-state index contributed by atoms with van der Waals surface area (Å²) >= 11 is 0. The van der Waals surface area contributed by atoms with Crippen LogP contribution >= 0.6 is 0 Å². The fourth-order valence-electron chi connectivity index (χ4n) is 2.68. The van der Waals surface area contributed by atoms with Gasteiger partial charge in [-0.15, -0.1) is 10.2 Å². The van der Waals surface area contributed by atoms with E-state index >= 15 is 0 Å². The lowest BCUT2D eigenvalue weighted by Gasteiger charge is -2.38. The number of sulfonamides is 2. The third-order valence-electron chi connectivity index (χ3n) is 3.62. The Morgan fingerprint density at radius 1 is 1.39 bits per heavy atom. The minimum absolute atomic E-state index is 0.0241. The molecular weight excluding hydrogens is 346 g/mol. The van der Waals surface area contributed by atoms with Crippen molar-refractivity contribution in [3.8, 4) is 0 Å². The number of allylic oxidation sites excluding steroid dienone is 2. The lowest BCUT2D eigenvalue weighted by Crippen LogP contribution is -2.58. The number of hydrogen-bond acceptors (Lipinski definition) is 8. The molecule has 0 saturated heterocycles. The first-order chi connectivity index (χ1) is 10.7. The zero-order valence-corrected chi connectivity index (χ0v) is 13.8. The van der Waals surface area contributed by atoms with Gasteiger partial charge in [0, 0.05) is 5.57 Å². The summed E-state index contributed by atoms with van der Waals surface area (Å²) in [4.78, 5) is 0. The van der Waals surface area contributed by atoms with Crippen molar-refractivity contribution in [2.45, 2.75) is 16.4 Å². The van der Waals surface area contributed by atoms with E-state index in [0.29, 0.717) is 0 Å². The molecule has 1 aliphatic carbocycles. The summed E-state index contributed by atoms with van der Waals surface area (Å²) < 4.78 is 50.0. The SMILES string of the molecule is CNS(=O)(=O)C1(CCN)C=CC=C(c2nn[nH]n2)C1S(N)(=O)=O. The summed E-state index contributed by atoms with van der Waals surface area (Å²) in [6.45, 7) is -0.0726. The Labute approximate surface area is 133 Å². The molecule has 0 radical (unpaired) electrons. The number of hydrogen-bond donors (Lipinski definition) is 4. The zero-order valence-electron chi connectivity index (χ0n) is 12.2. The van der Waals surface area contributed by atoms with Crippen molar-refractivity contribution >= 4 is 25.6 Å². The molecule has 1 aromatic rings.